The van der Waals surface area contributed by atoms with Crippen LogP contribution in [0.5, 0.6) is 0 Å². The summed E-state index contributed by atoms with van der Waals surface area (Å²) in [6.07, 6.45) is 7.88. The van der Waals surface area contributed by atoms with E-state index in [1.807, 2.05) is 24.5 Å². The number of hydrogen-bond donors (Lipinski definition) is 0. The van der Waals surface area contributed by atoms with E-state index in [9.17, 15) is 4.79 Å². The van der Waals surface area contributed by atoms with Crippen LogP contribution in [-0.2, 0) is 10.3 Å². The lowest BCUT2D eigenvalue weighted by atomic mass is 9.76. The summed E-state index contributed by atoms with van der Waals surface area (Å²) in [5.41, 5.74) is 3.68. The fourth-order valence-electron chi connectivity index (χ4n) is 4.41. The maximum Gasteiger partial charge on any atom is 0.129 e. The number of carbonyl (C=O) groups excluding carboxylic acids is 1. The highest BCUT2D eigenvalue weighted by atomic mass is 16.1. The zero-order valence-electron chi connectivity index (χ0n) is 17.9. The lowest BCUT2D eigenvalue weighted by molar-refractivity contribution is -0.109. The molecule has 0 saturated heterocycles. The SMILES string of the molecule is CCCCC(C=O)c1cn(C(c2ccccc2)(c2ccccc2)c2ccccc2)cn1. The number of aldehydes is 1. The lowest BCUT2D eigenvalue weighted by Crippen LogP contribution is -2.37. The second-order valence-corrected chi connectivity index (χ2v) is 7.90. The highest BCUT2D eigenvalue weighted by molar-refractivity contribution is 5.61. The largest absolute Gasteiger partial charge is 0.319 e. The van der Waals surface area contributed by atoms with Crippen molar-refractivity contribution >= 4 is 6.29 Å². The third-order valence-corrected chi connectivity index (χ3v) is 5.98. The van der Waals surface area contributed by atoms with Crippen LogP contribution in [0.1, 0.15) is 54.5 Å². The fraction of sp³-hybridized carbons (Fsp3) is 0.214. The molecule has 1 aromatic heterocycles. The zero-order valence-corrected chi connectivity index (χ0v) is 17.9. The number of rotatable bonds is 9. The molecule has 31 heavy (non-hydrogen) atoms. The van der Waals surface area contributed by atoms with Crippen LogP contribution in [-0.4, -0.2) is 15.8 Å². The van der Waals surface area contributed by atoms with E-state index in [0.29, 0.717) is 0 Å². The van der Waals surface area contributed by atoms with Gasteiger partial charge in [0.05, 0.1) is 17.9 Å². The van der Waals surface area contributed by atoms with E-state index >= 15 is 0 Å². The molecule has 3 nitrogen and oxygen atoms in total. The maximum atomic E-state index is 11.8. The molecule has 0 saturated carbocycles. The molecule has 0 amide bonds. The number of hydrogen-bond acceptors (Lipinski definition) is 2. The Bertz CT molecular complexity index is 991. The van der Waals surface area contributed by atoms with E-state index in [2.05, 4.69) is 90.5 Å². The highest BCUT2D eigenvalue weighted by Gasteiger charge is 2.38. The van der Waals surface area contributed by atoms with Crippen LogP contribution in [0.4, 0.5) is 0 Å². The first-order valence-corrected chi connectivity index (χ1v) is 11.0. The van der Waals surface area contributed by atoms with Crippen LogP contribution >= 0.6 is 0 Å². The fourth-order valence-corrected chi connectivity index (χ4v) is 4.41. The van der Waals surface area contributed by atoms with Gasteiger partial charge in [0.2, 0.25) is 0 Å². The molecule has 3 heteroatoms. The summed E-state index contributed by atoms with van der Waals surface area (Å²) in [5, 5.41) is 0. The molecule has 1 atom stereocenters. The number of nitrogens with zero attached hydrogens (tertiary/aromatic N) is 2. The Kier molecular flexibility index (Phi) is 6.42. The number of carbonyl (C=O) groups is 1. The van der Waals surface area contributed by atoms with Crippen LogP contribution in [0.2, 0.25) is 0 Å². The predicted octanol–water partition coefficient (Wildman–Crippen LogP) is 6.20. The van der Waals surface area contributed by atoms with Crippen molar-refractivity contribution in [3.63, 3.8) is 0 Å². The van der Waals surface area contributed by atoms with Crippen LogP contribution in [0.25, 0.3) is 0 Å². The Balaban J connectivity index is 1.97. The van der Waals surface area contributed by atoms with Crippen LogP contribution in [0.3, 0.4) is 0 Å². The molecule has 4 aromatic rings. The number of benzene rings is 3. The van der Waals surface area contributed by atoms with Crippen LogP contribution in [0, 0.1) is 0 Å². The van der Waals surface area contributed by atoms with Crippen LogP contribution in [0.15, 0.2) is 104 Å². The minimum Gasteiger partial charge on any atom is -0.319 e. The van der Waals surface area contributed by atoms with Gasteiger partial charge in [-0.15, -0.1) is 0 Å². The van der Waals surface area contributed by atoms with E-state index in [4.69, 9.17) is 4.98 Å². The molecule has 156 valence electrons. The summed E-state index contributed by atoms with van der Waals surface area (Å²) in [5.74, 6) is -0.179. The average Bonchev–Trinajstić information content (AvgIpc) is 3.32. The number of unbranched alkanes of at least 4 members (excludes halogenated alkanes) is 1. The van der Waals surface area contributed by atoms with E-state index < -0.39 is 5.54 Å². The van der Waals surface area contributed by atoms with Crippen molar-refractivity contribution in [2.75, 3.05) is 0 Å². The van der Waals surface area contributed by atoms with Gasteiger partial charge in [0.1, 0.15) is 11.8 Å². The molecule has 0 radical (unpaired) electrons. The van der Waals surface area contributed by atoms with Crippen molar-refractivity contribution < 1.29 is 4.79 Å². The lowest BCUT2D eigenvalue weighted by Gasteiger charge is -2.37. The van der Waals surface area contributed by atoms with Gasteiger partial charge in [-0.25, -0.2) is 4.98 Å². The quantitative estimate of drug-likeness (QED) is 0.244. The van der Waals surface area contributed by atoms with Crippen molar-refractivity contribution in [3.05, 3.63) is 126 Å². The van der Waals surface area contributed by atoms with E-state index in [0.717, 1.165) is 47.9 Å². The normalized spacial score (nSPS) is 12.4. The predicted molar refractivity (Wildman–Crippen MR) is 125 cm³/mol. The van der Waals surface area contributed by atoms with Crippen molar-refractivity contribution in [3.8, 4) is 0 Å². The molecule has 0 aliphatic carbocycles. The molecule has 0 bridgehead atoms. The summed E-state index contributed by atoms with van der Waals surface area (Å²) < 4.78 is 2.17. The first kappa shape index (κ1) is 20.8. The van der Waals surface area contributed by atoms with Crippen molar-refractivity contribution in [1.29, 1.82) is 0 Å². The number of aromatic nitrogens is 2. The number of imidazole rings is 1. The second-order valence-electron chi connectivity index (χ2n) is 7.90. The first-order chi connectivity index (χ1) is 15.3. The third-order valence-electron chi connectivity index (χ3n) is 5.98. The third kappa shape index (κ3) is 3.96. The highest BCUT2D eigenvalue weighted by Crippen LogP contribution is 2.41. The smallest absolute Gasteiger partial charge is 0.129 e. The maximum absolute atomic E-state index is 11.8. The molecule has 0 aliphatic heterocycles. The zero-order chi connectivity index (χ0) is 21.5. The van der Waals surface area contributed by atoms with Gasteiger partial charge in [-0.1, -0.05) is 111 Å². The molecule has 1 unspecified atom stereocenters. The Labute approximate surface area is 184 Å². The van der Waals surface area contributed by atoms with E-state index in [1.165, 1.54) is 0 Å². The minimum atomic E-state index is -0.590. The van der Waals surface area contributed by atoms with Crippen molar-refractivity contribution in [2.45, 2.75) is 37.6 Å². The van der Waals surface area contributed by atoms with E-state index in [-0.39, 0.29) is 5.92 Å². The van der Waals surface area contributed by atoms with Gasteiger partial charge >= 0.3 is 0 Å². The van der Waals surface area contributed by atoms with Gasteiger partial charge in [0.25, 0.3) is 0 Å². The summed E-state index contributed by atoms with van der Waals surface area (Å²) >= 11 is 0. The molecule has 4 rings (SSSR count). The Morgan fingerprint density at radius 1 is 0.839 bits per heavy atom. The van der Waals surface area contributed by atoms with Gasteiger partial charge in [0, 0.05) is 6.20 Å². The van der Waals surface area contributed by atoms with Crippen molar-refractivity contribution in [1.82, 2.24) is 9.55 Å². The van der Waals surface area contributed by atoms with Crippen molar-refractivity contribution in [2.24, 2.45) is 0 Å². The molecule has 3 aromatic carbocycles. The van der Waals surface area contributed by atoms with Gasteiger partial charge in [-0.3, -0.25) is 0 Å². The topological polar surface area (TPSA) is 34.9 Å². The monoisotopic (exact) mass is 408 g/mol. The Morgan fingerprint density at radius 2 is 1.32 bits per heavy atom. The Morgan fingerprint density at radius 3 is 1.74 bits per heavy atom. The van der Waals surface area contributed by atoms with Gasteiger partial charge in [-0.05, 0) is 23.1 Å². The molecule has 0 aliphatic rings. The second kappa shape index (κ2) is 9.57. The standard InChI is InChI=1S/C28H28N2O/c1-2-3-13-23(21-31)27-20-30(22-29-27)28(24-14-7-4-8-15-24,25-16-9-5-10-17-25)26-18-11-6-12-19-26/h4-12,14-23H,2-3,13H2,1H3. The molecule has 0 fully saturated rings. The Hall–Kier alpha value is -3.46. The minimum absolute atomic E-state index is 0.179. The van der Waals surface area contributed by atoms with Crippen LogP contribution < -0.4 is 0 Å². The average molecular weight is 409 g/mol. The summed E-state index contributed by atoms with van der Waals surface area (Å²) in [6, 6.07) is 31.5. The van der Waals surface area contributed by atoms with Gasteiger partial charge in [0.15, 0.2) is 0 Å². The molecule has 0 N–H and O–H groups in total. The van der Waals surface area contributed by atoms with E-state index in [1.54, 1.807) is 0 Å². The molecule has 0 spiro atoms. The molecule has 1 heterocycles. The summed E-state index contributed by atoms with van der Waals surface area (Å²) in [4.78, 5) is 16.5. The molecular weight excluding hydrogens is 380 g/mol. The van der Waals surface area contributed by atoms with Gasteiger partial charge in [-0.2, -0.15) is 0 Å². The molecular formula is C28H28N2O. The summed E-state index contributed by atoms with van der Waals surface area (Å²) in [6.45, 7) is 2.14. The summed E-state index contributed by atoms with van der Waals surface area (Å²) in [7, 11) is 0. The first-order valence-electron chi connectivity index (χ1n) is 11.0. The van der Waals surface area contributed by atoms with Gasteiger partial charge < -0.3 is 9.36 Å².